The Bertz CT molecular complexity index is 2760. The average molecular weight is 892 g/mol. The number of amides is 2. The molecule has 1 atom stereocenters. The summed E-state index contributed by atoms with van der Waals surface area (Å²) in [5.74, 6) is 0.738. The van der Waals surface area contributed by atoms with Gasteiger partial charge in [-0.05, 0) is 154 Å². The molecule has 3 saturated heterocycles. The summed E-state index contributed by atoms with van der Waals surface area (Å²) < 4.78 is 18.0. The van der Waals surface area contributed by atoms with Gasteiger partial charge in [-0.25, -0.2) is 14.2 Å². The van der Waals surface area contributed by atoms with E-state index in [1.54, 1.807) is 0 Å². The molecule has 2 N–H and O–H groups in total. The number of carbonyl (C=O) groups excluding carboxylic acids is 3. The Morgan fingerprint density at radius 1 is 0.864 bits per heavy atom. The van der Waals surface area contributed by atoms with Crippen LogP contribution in [-0.4, -0.2) is 90.7 Å². The number of aromatic amines is 1. The van der Waals surface area contributed by atoms with Crippen LogP contribution in [-0.2, 0) is 23.2 Å². The molecule has 4 aliphatic rings. The van der Waals surface area contributed by atoms with Crippen molar-refractivity contribution in [1.29, 1.82) is 0 Å². The number of fused-ring (bicyclic) bond motifs is 2. The van der Waals surface area contributed by atoms with Gasteiger partial charge < -0.3 is 14.8 Å². The zero-order chi connectivity index (χ0) is 45.3. The molecular formula is C53H60FN8O4+. The van der Waals surface area contributed by atoms with E-state index >= 15 is 4.39 Å². The van der Waals surface area contributed by atoms with E-state index in [9.17, 15) is 19.3 Å². The zero-order valence-corrected chi connectivity index (χ0v) is 37.9. The molecule has 4 fully saturated rings. The molecule has 3 aliphatic heterocycles. The Kier molecular flexibility index (Phi) is 12.6. The summed E-state index contributed by atoms with van der Waals surface area (Å²) in [6, 6.07) is 24.2. The number of benzene rings is 3. The molecule has 2 amide bonds. The molecule has 6 heterocycles. The molecular weight excluding hydrogens is 832 g/mol. The van der Waals surface area contributed by atoms with Crippen molar-refractivity contribution in [3.05, 3.63) is 118 Å². The second-order valence-electron chi connectivity index (χ2n) is 19.5. The zero-order valence-electron chi connectivity index (χ0n) is 37.9. The molecule has 1 aliphatic carbocycles. The Hall–Kier alpha value is -6.08. The van der Waals surface area contributed by atoms with Crippen molar-refractivity contribution in [2.24, 2.45) is 18.9 Å². The van der Waals surface area contributed by atoms with Crippen LogP contribution in [0.15, 0.2) is 85.2 Å². The number of nitrogens with zero attached hydrogens (tertiary/aromatic N) is 6. The maximum Gasteiger partial charge on any atom is 0.433 e. The van der Waals surface area contributed by atoms with E-state index in [1.165, 1.54) is 22.9 Å². The number of carbonyl (C=O) groups is 3. The largest absolute Gasteiger partial charge is 0.433 e. The number of pyridine rings is 1. The van der Waals surface area contributed by atoms with Crippen LogP contribution < -0.4 is 5.32 Å². The van der Waals surface area contributed by atoms with Crippen molar-refractivity contribution in [3.63, 3.8) is 0 Å². The van der Waals surface area contributed by atoms with Crippen LogP contribution in [0, 0.1) is 22.6 Å². The van der Waals surface area contributed by atoms with Crippen molar-refractivity contribution in [3.8, 4) is 11.1 Å². The molecule has 1 unspecified atom stereocenters. The lowest BCUT2D eigenvalue weighted by molar-refractivity contribution is -0.477. The monoisotopic (exact) mass is 891 g/mol. The molecule has 13 heteroatoms. The molecule has 1 saturated carbocycles. The predicted molar refractivity (Wildman–Crippen MR) is 254 cm³/mol. The number of hydrogen-bond acceptors (Lipinski definition) is 8. The summed E-state index contributed by atoms with van der Waals surface area (Å²) >= 11 is 0. The number of aryl methyl sites for hydroxylation is 1. The van der Waals surface area contributed by atoms with E-state index in [-0.39, 0.29) is 48.4 Å². The molecule has 6 aromatic rings. The Morgan fingerprint density at radius 2 is 1.65 bits per heavy atom. The number of nitroso groups, excluding NO2 is 1. The van der Waals surface area contributed by atoms with Crippen LogP contribution >= 0.6 is 0 Å². The lowest BCUT2D eigenvalue weighted by Gasteiger charge is -2.33. The van der Waals surface area contributed by atoms with Gasteiger partial charge >= 0.3 is 5.91 Å². The highest BCUT2D eigenvalue weighted by Gasteiger charge is 2.34. The minimum atomic E-state index is -0.396. The number of H-pyrrole nitrogens is 1. The topological polar surface area (TPSA) is 136 Å². The van der Waals surface area contributed by atoms with Gasteiger partial charge in [0, 0.05) is 77.8 Å². The summed E-state index contributed by atoms with van der Waals surface area (Å²) in [4.78, 5) is 59.5. The summed E-state index contributed by atoms with van der Waals surface area (Å²) in [7, 11) is 2.12. The van der Waals surface area contributed by atoms with E-state index < -0.39 is 5.91 Å². The van der Waals surface area contributed by atoms with Crippen molar-refractivity contribution in [1.82, 2.24) is 29.5 Å². The Morgan fingerprint density at radius 3 is 2.41 bits per heavy atom. The number of anilines is 1. The highest BCUT2D eigenvalue weighted by atomic mass is 19.1. The Balaban J connectivity index is 0.645. The van der Waals surface area contributed by atoms with Crippen molar-refractivity contribution in [2.45, 2.75) is 101 Å². The van der Waals surface area contributed by atoms with Crippen LogP contribution in [0.1, 0.15) is 116 Å². The number of ketones is 1. The number of hydrogen-bond donors (Lipinski definition) is 2. The number of halogens is 1. The summed E-state index contributed by atoms with van der Waals surface area (Å²) in [6.45, 7) is 4.21. The van der Waals surface area contributed by atoms with Gasteiger partial charge in [0.1, 0.15) is 11.5 Å². The quantitative estimate of drug-likeness (QED) is 0.0916. The third kappa shape index (κ3) is 9.32. The first-order chi connectivity index (χ1) is 32.1. The number of piperidine rings is 3. The number of rotatable bonds is 12. The van der Waals surface area contributed by atoms with Gasteiger partial charge in [-0.2, -0.15) is 5.10 Å². The molecule has 0 bridgehead atoms. The lowest BCUT2D eigenvalue weighted by Crippen LogP contribution is -2.40. The number of nitrogens with one attached hydrogen (secondary N) is 2. The van der Waals surface area contributed by atoms with E-state index in [0.29, 0.717) is 61.1 Å². The van der Waals surface area contributed by atoms with Gasteiger partial charge in [0.25, 0.3) is 0 Å². The predicted octanol–water partition coefficient (Wildman–Crippen LogP) is 9.69. The van der Waals surface area contributed by atoms with E-state index in [0.717, 1.165) is 103 Å². The van der Waals surface area contributed by atoms with E-state index in [2.05, 4.69) is 74.5 Å². The third-order valence-electron chi connectivity index (χ3n) is 15.4. The lowest BCUT2D eigenvalue weighted by atomic mass is 9.77. The fourth-order valence-electron chi connectivity index (χ4n) is 11.3. The molecule has 12 nitrogen and oxygen atoms in total. The summed E-state index contributed by atoms with van der Waals surface area (Å²) in [5, 5.41) is 12.7. The highest BCUT2D eigenvalue weighted by molar-refractivity contribution is 5.98. The van der Waals surface area contributed by atoms with E-state index in [4.69, 9.17) is 4.98 Å². The second-order valence-corrected chi connectivity index (χ2v) is 19.5. The van der Waals surface area contributed by atoms with Crippen LogP contribution in [0.3, 0.4) is 0 Å². The minimum Gasteiger partial charge on any atom is -0.376 e. The maximum atomic E-state index is 15.3. The molecule has 66 heavy (non-hydrogen) atoms. The summed E-state index contributed by atoms with van der Waals surface area (Å²) in [5.41, 5.74) is 9.04. The fraction of sp³-hybridized carbons (Fsp3) is 0.453. The number of Topliss-reactive ketones (excluding diaryl/α,β-unsaturated/α-hetero) is 1. The van der Waals surface area contributed by atoms with Gasteiger partial charge in [-0.3, -0.25) is 19.6 Å². The molecule has 0 spiro atoms. The van der Waals surface area contributed by atoms with Crippen LogP contribution in [0.25, 0.3) is 33.1 Å². The van der Waals surface area contributed by atoms with Gasteiger partial charge in [0.2, 0.25) is 12.5 Å². The van der Waals surface area contributed by atoms with Crippen LogP contribution in [0.2, 0.25) is 0 Å². The molecule has 342 valence electrons. The number of likely N-dealkylation sites (tertiary alicyclic amines) is 2. The van der Waals surface area contributed by atoms with Gasteiger partial charge in [0.05, 0.1) is 28.9 Å². The average Bonchev–Trinajstić information content (AvgIpc) is 3.95. The molecule has 3 aromatic carbocycles. The minimum absolute atomic E-state index is 0.0645. The standard InChI is InChI=1S/C53H60FN8O4/c1-59-44(30-47-45(18-23-55-53(47)59)40-11-15-49-41(28-40)31-56-58-49)33-60-24-19-36(20-25-60)35-7-9-38(10-8-35)52(65)39-21-26-61(27-22-39)50(63)16-4-34-2-5-37(6-3-34)46-14-12-42(29-48(46)54)57-43-13-17-51(64)62(66)32-43/h7-12,14-15,18,23,28-31,34,36-37,39,43,57H,2-6,13,16-17,19-22,24-27,32-33H2,1H3,(H,56,58)/q+1. The normalized spacial score (nSPS) is 21.5. The highest BCUT2D eigenvalue weighted by Crippen LogP contribution is 2.40. The SMILES string of the molecule is Cn1c(CN2CCC(c3ccc(C(=O)C4CCN(C(=O)CCC5CCC(c6ccc(NC7CCC(=O)[N+](=O)C7)cc6F)CC5)CC4)cc3)CC2)cc2c(-c3ccc4[nH]ncc4c3)ccnc21. The van der Waals surface area contributed by atoms with Crippen LogP contribution in [0.4, 0.5) is 10.1 Å². The smallest absolute Gasteiger partial charge is 0.376 e. The van der Waals surface area contributed by atoms with Crippen molar-refractivity contribution in [2.75, 3.05) is 38.0 Å². The van der Waals surface area contributed by atoms with Gasteiger partial charge in [-0.15, -0.1) is 0 Å². The molecule has 10 rings (SSSR count). The number of aromatic nitrogens is 4. The molecule has 3 aromatic heterocycles. The van der Waals surface area contributed by atoms with Gasteiger partial charge in [0.15, 0.2) is 5.78 Å². The van der Waals surface area contributed by atoms with E-state index in [1.807, 2.05) is 41.6 Å². The first-order valence-corrected chi connectivity index (χ1v) is 24.2. The second kappa shape index (κ2) is 19.0. The first-order valence-electron chi connectivity index (χ1n) is 24.2. The van der Waals surface area contributed by atoms with Gasteiger partial charge in [-0.1, -0.05) is 36.4 Å². The fourth-order valence-corrected chi connectivity index (χ4v) is 11.3. The maximum absolute atomic E-state index is 15.3. The first kappa shape index (κ1) is 43.8. The summed E-state index contributed by atoms with van der Waals surface area (Å²) in [6.07, 6.45) is 13.2. The van der Waals surface area contributed by atoms with Crippen molar-refractivity contribution >= 4 is 45.2 Å². The Labute approximate surface area is 384 Å². The van der Waals surface area contributed by atoms with Crippen molar-refractivity contribution < 1.29 is 23.5 Å². The molecule has 0 radical (unpaired) electrons. The van der Waals surface area contributed by atoms with Crippen LogP contribution in [0.5, 0.6) is 0 Å². The third-order valence-corrected chi connectivity index (χ3v) is 15.4.